The number of carbonyl (C=O) groups is 1. The minimum Gasteiger partial charge on any atom is -0.494 e. The van der Waals surface area contributed by atoms with Gasteiger partial charge < -0.3 is 10.1 Å². The summed E-state index contributed by atoms with van der Waals surface area (Å²) in [5, 5.41) is 12.5. The molecule has 0 atom stereocenters. The van der Waals surface area contributed by atoms with Crippen LogP contribution in [0, 0.1) is 14.9 Å². The molecule has 0 aliphatic carbocycles. The summed E-state index contributed by atoms with van der Waals surface area (Å²) in [5.74, 6) is -0.235. The largest absolute Gasteiger partial charge is 0.494 e. The highest BCUT2D eigenvalue weighted by molar-refractivity contribution is 14.1. The molecule has 3 rings (SSSR count). The number of benzene rings is 3. The van der Waals surface area contributed by atoms with Crippen LogP contribution in [0.1, 0.15) is 29.2 Å². The van der Waals surface area contributed by atoms with E-state index in [4.69, 9.17) is 16.3 Å². The van der Waals surface area contributed by atoms with E-state index < -0.39 is 17.6 Å². The molecule has 35 heavy (non-hydrogen) atoms. The van der Waals surface area contributed by atoms with Gasteiger partial charge in [-0.2, -0.15) is 18.4 Å². The van der Waals surface area contributed by atoms with Crippen LogP contribution in [0.25, 0.3) is 6.08 Å². The van der Waals surface area contributed by atoms with Gasteiger partial charge in [0.05, 0.1) is 12.2 Å². The highest BCUT2D eigenvalue weighted by atomic mass is 127. The van der Waals surface area contributed by atoms with Crippen molar-refractivity contribution >= 4 is 51.9 Å². The van der Waals surface area contributed by atoms with E-state index in [2.05, 4.69) is 27.9 Å². The van der Waals surface area contributed by atoms with Crippen molar-refractivity contribution in [1.29, 1.82) is 5.26 Å². The summed E-state index contributed by atoms with van der Waals surface area (Å²) in [7, 11) is 0. The molecule has 0 aliphatic rings. The Morgan fingerprint density at radius 3 is 2.57 bits per heavy atom. The van der Waals surface area contributed by atoms with E-state index in [-0.39, 0.29) is 11.3 Å². The lowest BCUT2D eigenvalue weighted by Gasteiger charge is -2.15. The molecule has 1 N–H and O–H groups in total. The number of anilines is 1. The number of hydrogen-bond acceptors (Lipinski definition) is 3. The maximum atomic E-state index is 13.0. The predicted octanol–water partition coefficient (Wildman–Crippen LogP) is 7.50. The van der Waals surface area contributed by atoms with Gasteiger partial charge in [-0.05, 0) is 83.1 Å². The summed E-state index contributed by atoms with van der Waals surface area (Å²) in [5.41, 5.74) is 1.14. The van der Waals surface area contributed by atoms with Gasteiger partial charge in [0.2, 0.25) is 0 Å². The van der Waals surface area contributed by atoms with Gasteiger partial charge in [0, 0.05) is 26.3 Å². The SMILES string of the molecule is CCOc1cc(/C=C(\C#N)C(=O)Nc2cccc(C(F)(F)F)c2)cc(I)c1Cc1ccccc1Cl. The normalized spacial score (nSPS) is 11.6. The molecular weight excluding hydrogens is 592 g/mol. The molecule has 0 bridgehead atoms. The minimum absolute atomic E-state index is 0.0642. The average Bonchev–Trinajstić information content (AvgIpc) is 2.80. The molecule has 0 aromatic heterocycles. The number of nitrogens with one attached hydrogen (secondary N) is 1. The first-order valence-electron chi connectivity index (χ1n) is 10.4. The first-order valence-corrected chi connectivity index (χ1v) is 11.9. The molecule has 0 heterocycles. The predicted molar refractivity (Wildman–Crippen MR) is 138 cm³/mol. The Bertz CT molecular complexity index is 1320. The third-order valence-electron chi connectivity index (χ3n) is 4.93. The summed E-state index contributed by atoms with van der Waals surface area (Å²) in [4.78, 5) is 12.6. The van der Waals surface area contributed by atoms with Crippen LogP contribution in [0.3, 0.4) is 0 Å². The number of carbonyl (C=O) groups excluding carboxylic acids is 1. The van der Waals surface area contributed by atoms with E-state index in [9.17, 15) is 23.2 Å². The number of hydrogen-bond donors (Lipinski definition) is 1. The fourth-order valence-electron chi connectivity index (χ4n) is 3.29. The van der Waals surface area contributed by atoms with Gasteiger partial charge in [0.15, 0.2) is 0 Å². The van der Waals surface area contributed by atoms with E-state index in [1.165, 1.54) is 18.2 Å². The second-order valence-corrected chi connectivity index (χ2v) is 8.95. The molecule has 0 radical (unpaired) electrons. The number of rotatable bonds is 7. The van der Waals surface area contributed by atoms with Gasteiger partial charge in [-0.25, -0.2) is 0 Å². The lowest BCUT2D eigenvalue weighted by molar-refractivity contribution is -0.137. The Morgan fingerprint density at radius 2 is 1.91 bits per heavy atom. The fourth-order valence-corrected chi connectivity index (χ4v) is 4.31. The number of ether oxygens (including phenoxy) is 1. The topological polar surface area (TPSA) is 62.1 Å². The Kier molecular flexibility index (Phi) is 8.81. The third-order valence-corrected chi connectivity index (χ3v) is 6.26. The van der Waals surface area contributed by atoms with Gasteiger partial charge in [-0.3, -0.25) is 4.79 Å². The Labute approximate surface area is 219 Å². The van der Waals surface area contributed by atoms with Gasteiger partial charge >= 0.3 is 6.18 Å². The molecule has 0 aliphatic heterocycles. The van der Waals surface area contributed by atoms with Crippen LogP contribution < -0.4 is 10.1 Å². The van der Waals surface area contributed by atoms with Crippen molar-refractivity contribution in [3.8, 4) is 11.8 Å². The summed E-state index contributed by atoms with van der Waals surface area (Å²) in [6.07, 6.45) is -2.65. The van der Waals surface area contributed by atoms with Crippen LogP contribution in [0.2, 0.25) is 5.02 Å². The molecule has 0 spiro atoms. The zero-order chi connectivity index (χ0) is 25.6. The summed E-state index contributed by atoms with van der Waals surface area (Å²) in [6, 6.07) is 17.0. The fraction of sp³-hybridized carbons (Fsp3) is 0.154. The Hall–Kier alpha value is -3.03. The third kappa shape index (κ3) is 6.99. The molecule has 0 saturated carbocycles. The van der Waals surface area contributed by atoms with E-state index in [0.717, 1.165) is 26.8 Å². The van der Waals surface area contributed by atoms with Gasteiger partial charge in [0.1, 0.15) is 17.4 Å². The highest BCUT2D eigenvalue weighted by Crippen LogP contribution is 2.32. The summed E-state index contributed by atoms with van der Waals surface area (Å²) < 4.78 is 45.5. The van der Waals surface area contributed by atoms with Crippen LogP contribution in [-0.4, -0.2) is 12.5 Å². The van der Waals surface area contributed by atoms with Crippen molar-refractivity contribution in [2.24, 2.45) is 0 Å². The molecule has 4 nitrogen and oxygen atoms in total. The number of alkyl halides is 3. The van der Waals surface area contributed by atoms with E-state index >= 15 is 0 Å². The zero-order valence-corrected chi connectivity index (χ0v) is 21.3. The van der Waals surface area contributed by atoms with E-state index in [0.29, 0.717) is 29.4 Å². The maximum Gasteiger partial charge on any atom is 0.416 e. The first kappa shape index (κ1) is 26.6. The number of nitriles is 1. The van der Waals surface area contributed by atoms with Gasteiger partial charge in [-0.1, -0.05) is 35.9 Å². The van der Waals surface area contributed by atoms with Gasteiger partial charge in [0.25, 0.3) is 5.91 Å². The van der Waals surface area contributed by atoms with Crippen molar-refractivity contribution in [2.75, 3.05) is 11.9 Å². The van der Waals surface area contributed by atoms with Crippen LogP contribution in [0.15, 0.2) is 66.2 Å². The number of halogens is 5. The van der Waals surface area contributed by atoms with Crippen molar-refractivity contribution < 1.29 is 22.7 Å². The van der Waals surface area contributed by atoms with Crippen LogP contribution in [-0.2, 0) is 17.4 Å². The van der Waals surface area contributed by atoms with Crippen molar-refractivity contribution in [3.63, 3.8) is 0 Å². The quantitative estimate of drug-likeness (QED) is 0.171. The lowest BCUT2D eigenvalue weighted by atomic mass is 10.0. The molecule has 3 aromatic carbocycles. The van der Waals surface area contributed by atoms with E-state index in [1.807, 2.05) is 37.3 Å². The average molecular weight is 611 g/mol. The molecule has 0 unspecified atom stereocenters. The molecule has 0 saturated heterocycles. The summed E-state index contributed by atoms with van der Waals surface area (Å²) >= 11 is 8.47. The van der Waals surface area contributed by atoms with Crippen molar-refractivity contribution in [3.05, 3.63) is 97.1 Å². The molecule has 9 heteroatoms. The number of amides is 1. The number of nitrogens with zero attached hydrogens (tertiary/aromatic N) is 1. The Balaban J connectivity index is 1.91. The molecule has 0 fully saturated rings. The van der Waals surface area contributed by atoms with Crippen LogP contribution >= 0.6 is 34.2 Å². The lowest BCUT2D eigenvalue weighted by Crippen LogP contribution is -2.14. The first-order chi connectivity index (χ1) is 16.6. The van der Waals surface area contributed by atoms with Crippen molar-refractivity contribution in [2.45, 2.75) is 19.5 Å². The van der Waals surface area contributed by atoms with Gasteiger partial charge in [-0.15, -0.1) is 0 Å². The molecule has 3 aromatic rings. The van der Waals surface area contributed by atoms with E-state index in [1.54, 1.807) is 12.1 Å². The minimum atomic E-state index is -4.55. The summed E-state index contributed by atoms with van der Waals surface area (Å²) in [6.45, 7) is 2.25. The maximum absolute atomic E-state index is 13.0. The molecule has 1 amide bonds. The van der Waals surface area contributed by atoms with Crippen LogP contribution in [0.4, 0.5) is 18.9 Å². The Morgan fingerprint density at radius 1 is 1.17 bits per heavy atom. The highest BCUT2D eigenvalue weighted by Gasteiger charge is 2.30. The van der Waals surface area contributed by atoms with Crippen LogP contribution in [0.5, 0.6) is 5.75 Å². The second kappa shape index (κ2) is 11.6. The second-order valence-electron chi connectivity index (χ2n) is 7.38. The standard InChI is InChI=1S/C26H19ClF3IN2O2/c1-2-35-24-12-16(11-23(31)21(24)13-17-6-3-4-9-22(17)27)10-18(15-32)25(34)33-20-8-5-7-19(14-20)26(28,29)30/h3-12,14H,2,13H2,1H3,(H,33,34)/b18-10+. The zero-order valence-electron chi connectivity index (χ0n) is 18.4. The molecule has 180 valence electrons. The smallest absolute Gasteiger partial charge is 0.416 e. The molecular formula is C26H19ClF3IN2O2. The van der Waals surface area contributed by atoms with Crippen molar-refractivity contribution in [1.82, 2.24) is 0 Å². The monoisotopic (exact) mass is 610 g/mol.